The molecule has 3 rings (SSSR count). The van der Waals surface area contributed by atoms with Gasteiger partial charge in [0.1, 0.15) is 0 Å². The molecule has 114 valence electrons. The minimum atomic E-state index is -0.113. The molecule has 0 radical (unpaired) electrons. The largest absolute Gasteiger partial charge is 0.378 e. The van der Waals surface area contributed by atoms with Gasteiger partial charge in [-0.15, -0.1) is 0 Å². The van der Waals surface area contributed by atoms with Crippen molar-refractivity contribution >= 4 is 5.91 Å². The van der Waals surface area contributed by atoms with Crippen molar-refractivity contribution in [2.24, 2.45) is 11.7 Å². The molecule has 2 N–H and O–H groups in total. The number of rotatable bonds is 5. The first-order valence-corrected chi connectivity index (χ1v) is 7.93. The Kier molecular flexibility index (Phi) is 4.56. The zero-order chi connectivity index (χ0) is 14.7. The van der Waals surface area contributed by atoms with Gasteiger partial charge in [-0.1, -0.05) is 24.3 Å². The highest BCUT2D eigenvalue weighted by Gasteiger charge is 2.26. The van der Waals surface area contributed by atoms with Gasteiger partial charge >= 0.3 is 0 Å². The summed E-state index contributed by atoms with van der Waals surface area (Å²) in [6.07, 6.45) is 3.35. The van der Waals surface area contributed by atoms with Crippen LogP contribution in [0.5, 0.6) is 0 Å². The van der Waals surface area contributed by atoms with E-state index >= 15 is 0 Å². The monoisotopic (exact) mass is 288 g/mol. The number of carbonyl (C=O) groups is 1. The molecule has 4 heteroatoms. The average Bonchev–Trinajstić information content (AvgIpc) is 3.38. The van der Waals surface area contributed by atoms with E-state index in [-0.39, 0.29) is 11.8 Å². The van der Waals surface area contributed by atoms with E-state index in [0.29, 0.717) is 32.8 Å². The molecule has 1 aliphatic carbocycles. The van der Waals surface area contributed by atoms with Crippen LogP contribution in [0.4, 0.5) is 0 Å². The first-order chi connectivity index (χ1) is 10.3. The normalized spacial score (nSPS) is 20.3. The second kappa shape index (κ2) is 6.58. The molecule has 4 nitrogen and oxygen atoms in total. The maximum absolute atomic E-state index is 12.6. The molecular formula is C17H24N2O2. The lowest BCUT2D eigenvalue weighted by molar-refractivity contribution is -0.139. The second-order valence-electron chi connectivity index (χ2n) is 6.09. The zero-order valence-electron chi connectivity index (χ0n) is 12.5. The van der Waals surface area contributed by atoms with Gasteiger partial charge in [-0.3, -0.25) is 4.79 Å². The molecule has 1 amide bonds. The van der Waals surface area contributed by atoms with Crippen LogP contribution in [-0.2, 0) is 16.0 Å². The maximum Gasteiger partial charge on any atom is 0.227 e. The fraction of sp³-hybridized carbons (Fsp3) is 0.588. The molecule has 1 atom stereocenters. The van der Waals surface area contributed by atoms with Crippen LogP contribution in [0.15, 0.2) is 24.3 Å². The minimum absolute atomic E-state index is 0.113. The fourth-order valence-electron chi connectivity index (χ4n) is 2.99. The summed E-state index contributed by atoms with van der Waals surface area (Å²) in [6.45, 7) is 3.07. The topological polar surface area (TPSA) is 55.6 Å². The SMILES string of the molecule is NCC(Cc1cccc(C2CC2)c1)C(=O)N1CCOCC1. The first kappa shape index (κ1) is 14.5. The number of ether oxygens (including phenoxy) is 1. The van der Waals surface area contributed by atoms with Gasteiger partial charge in [-0.2, -0.15) is 0 Å². The lowest BCUT2D eigenvalue weighted by Crippen LogP contribution is -2.45. The number of morpholine rings is 1. The molecule has 0 aromatic heterocycles. The number of carbonyl (C=O) groups excluding carboxylic acids is 1. The van der Waals surface area contributed by atoms with Crippen molar-refractivity contribution in [1.29, 1.82) is 0 Å². The van der Waals surface area contributed by atoms with E-state index in [4.69, 9.17) is 10.5 Å². The number of nitrogens with two attached hydrogens (primary N) is 1. The summed E-state index contributed by atoms with van der Waals surface area (Å²) in [6, 6.07) is 8.67. The third-order valence-electron chi connectivity index (χ3n) is 4.44. The zero-order valence-corrected chi connectivity index (χ0v) is 12.5. The summed E-state index contributed by atoms with van der Waals surface area (Å²) >= 11 is 0. The Bertz CT molecular complexity index is 493. The molecule has 1 saturated carbocycles. The summed E-state index contributed by atoms with van der Waals surface area (Å²) in [7, 11) is 0. The number of benzene rings is 1. The quantitative estimate of drug-likeness (QED) is 0.894. The Hall–Kier alpha value is -1.39. The van der Waals surface area contributed by atoms with E-state index in [2.05, 4.69) is 24.3 Å². The van der Waals surface area contributed by atoms with Crippen LogP contribution in [-0.4, -0.2) is 43.7 Å². The van der Waals surface area contributed by atoms with Gasteiger partial charge in [0, 0.05) is 19.6 Å². The first-order valence-electron chi connectivity index (χ1n) is 7.93. The minimum Gasteiger partial charge on any atom is -0.378 e. The van der Waals surface area contributed by atoms with Crippen LogP contribution in [0.1, 0.15) is 29.9 Å². The van der Waals surface area contributed by atoms with E-state index in [0.717, 1.165) is 12.3 Å². The summed E-state index contributed by atoms with van der Waals surface area (Å²) in [5, 5.41) is 0. The molecule has 2 aliphatic rings. The van der Waals surface area contributed by atoms with Crippen LogP contribution in [0.25, 0.3) is 0 Å². The Morgan fingerprint density at radius 3 is 2.76 bits per heavy atom. The molecular weight excluding hydrogens is 264 g/mol. The standard InChI is InChI=1S/C17H24N2O2/c18-12-16(17(20)19-6-8-21-9-7-19)11-13-2-1-3-15(10-13)14-4-5-14/h1-3,10,14,16H,4-9,11-12,18H2. The van der Waals surface area contributed by atoms with E-state index in [1.165, 1.54) is 24.0 Å². The number of amides is 1. The van der Waals surface area contributed by atoms with Gasteiger partial charge in [-0.25, -0.2) is 0 Å². The maximum atomic E-state index is 12.6. The molecule has 1 heterocycles. The molecule has 1 saturated heterocycles. The third-order valence-corrected chi connectivity index (χ3v) is 4.44. The predicted molar refractivity (Wildman–Crippen MR) is 82.1 cm³/mol. The van der Waals surface area contributed by atoms with Crippen molar-refractivity contribution in [3.05, 3.63) is 35.4 Å². The van der Waals surface area contributed by atoms with Crippen LogP contribution in [0.3, 0.4) is 0 Å². The number of hydrogen-bond donors (Lipinski definition) is 1. The van der Waals surface area contributed by atoms with Gasteiger partial charge < -0.3 is 15.4 Å². The summed E-state index contributed by atoms with van der Waals surface area (Å²) < 4.78 is 5.31. The van der Waals surface area contributed by atoms with Gasteiger partial charge in [0.2, 0.25) is 5.91 Å². The predicted octanol–water partition coefficient (Wildman–Crippen LogP) is 1.54. The van der Waals surface area contributed by atoms with Crippen LogP contribution < -0.4 is 5.73 Å². The van der Waals surface area contributed by atoms with Gasteiger partial charge in [0.15, 0.2) is 0 Å². The smallest absolute Gasteiger partial charge is 0.227 e. The Morgan fingerprint density at radius 1 is 1.33 bits per heavy atom. The van der Waals surface area contributed by atoms with E-state index in [1.807, 2.05) is 4.90 Å². The molecule has 1 aromatic rings. The molecule has 0 bridgehead atoms. The summed E-state index contributed by atoms with van der Waals surface area (Å²) in [5.74, 6) is 0.811. The molecule has 1 aliphatic heterocycles. The summed E-state index contributed by atoms with van der Waals surface area (Å²) in [5.41, 5.74) is 8.51. The van der Waals surface area contributed by atoms with Crippen molar-refractivity contribution in [2.75, 3.05) is 32.8 Å². The molecule has 1 aromatic carbocycles. The average molecular weight is 288 g/mol. The Balaban J connectivity index is 1.65. The lowest BCUT2D eigenvalue weighted by Gasteiger charge is -2.30. The lowest BCUT2D eigenvalue weighted by atomic mass is 9.95. The Labute approximate surface area is 126 Å². The molecule has 2 fully saturated rings. The fourth-order valence-corrected chi connectivity index (χ4v) is 2.99. The highest BCUT2D eigenvalue weighted by molar-refractivity contribution is 5.79. The van der Waals surface area contributed by atoms with Crippen LogP contribution >= 0.6 is 0 Å². The van der Waals surface area contributed by atoms with Crippen molar-refractivity contribution in [1.82, 2.24) is 4.90 Å². The highest BCUT2D eigenvalue weighted by atomic mass is 16.5. The number of nitrogens with zero attached hydrogens (tertiary/aromatic N) is 1. The number of hydrogen-bond acceptors (Lipinski definition) is 3. The van der Waals surface area contributed by atoms with Crippen molar-refractivity contribution in [2.45, 2.75) is 25.2 Å². The Morgan fingerprint density at radius 2 is 2.10 bits per heavy atom. The van der Waals surface area contributed by atoms with E-state index < -0.39 is 0 Å². The third kappa shape index (κ3) is 3.63. The van der Waals surface area contributed by atoms with Gasteiger partial charge in [0.25, 0.3) is 0 Å². The highest BCUT2D eigenvalue weighted by Crippen LogP contribution is 2.40. The molecule has 21 heavy (non-hydrogen) atoms. The van der Waals surface area contributed by atoms with E-state index in [1.54, 1.807) is 0 Å². The summed E-state index contributed by atoms with van der Waals surface area (Å²) in [4.78, 5) is 14.4. The van der Waals surface area contributed by atoms with Crippen molar-refractivity contribution < 1.29 is 9.53 Å². The van der Waals surface area contributed by atoms with Crippen molar-refractivity contribution in [3.63, 3.8) is 0 Å². The molecule has 0 spiro atoms. The van der Waals surface area contributed by atoms with Crippen molar-refractivity contribution in [3.8, 4) is 0 Å². The second-order valence-corrected chi connectivity index (χ2v) is 6.09. The van der Waals surface area contributed by atoms with Crippen LogP contribution in [0, 0.1) is 5.92 Å². The molecule has 1 unspecified atom stereocenters. The van der Waals surface area contributed by atoms with E-state index in [9.17, 15) is 4.79 Å². The van der Waals surface area contributed by atoms with Crippen LogP contribution in [0.2, 0.25) is 0 Å². The van der Waals surface area contributed by atoms with Gasteiger partial charge in [0.05, 0.1) is 19.1 Å². The van der Waals surface area contributed by atoms with Gasteiger partial charge in [-0.05, 0) is 36.3 Å².